The van der Waals surface area contributed by atoms with Gasteiger partial charge in [-0.05, 0) is 48.2 Å². The third-order valence-corrected chi connectivity index (χ3v) is 6.38. The molecule has 0 saturated heterocycles. The molecule has 1 unspecified atom stereocenters. The standard InChI is InChI=1S/C30H33FN4O4/c1-30(2,3)17-18-34-24-15-8-9-16-25(24)35(23-14-7-6-13-22(23)31)28(37)26(27(34)36)32-29(38)39-21-12-10-11-20(19-21)33(4)5/h6-16,19,26H,17-18H2,1-5H3,(H,32,38). The second-order valence-corrected chi connectivity index (χ2v) is 10.8. The molecule has 1 atom stereocenters. The average Bonchev–Trinajstić information content (AvgIpc) is 2.96. The number of nitrogens with zero attached hydrogens (tertiary/aromatic N) is 3. The van der Waals surface area contributed by atoms with Gasteiger partial charge in [0.15, 0.2) is 6.04 Å². The molecule has 1 aliphatic rings. The summed E-state index contributed by atoms with van der Waals surface area (Å²) in [6, 6.07) is 17.8. The van der Waals surface area contributed by atoms with E-state index in [9.17, 15) is 14.4 Å². The Labute approximate surface area is 228 Å². The van der Waals surface area contributed by atoms with Crippen LogP contribution in [0, 0.1) is 11.2 Å². The first kappa shape index (κ1) is 27.6. The summed E-state index contributed by atoms with van der Waals surface area (Å²) in [6.45, 7) is 6.43. The number of benzene rings is 3. The van der Waals surface area contributed by atoms with Crippen LogP contribution in [-0.2, 0) is 9.59 Å². The first-order chi connectivity index (χ1) is 18.5. The Morgan fingerprint density at radius 2 is 1.56 bits per heavy atom. The van der Waals surface area contributed by atoms with Gasteiger partial charge in [-0.25, -0.2) is 9.18 Å². The van der Waals surface area contributed by atoms with Gasteiger partial charge in [-0.2, -0.15) is 0 Å². The Balaban J connectivity index is 1.75. The Hall–Kier alpha value is -4.40. The summed E-state index contributed by atoms with van der Waals surface area (Å²) in [5.74, 6) is -1.83. The lowest BCUT2D eigenvalue weighted by atomic mass is 9.92. The summed E-state index contributed by atoms with van der Waals surface area (Å²) in [6.07, 6.45) is -0.358. The predicted octanol–water partition coefficient (Wildman–Crippen LogP) is 5.50. The molecule has 0 saturated carbocycles. The number of nitrogens with one attached hydrogen (secondary N) is 1. The third kappa shape index (κ3) is 6.19. The van der Waals surface area contributed by atoms with Gasteiger partial charge in [0.1, 0.15) is 11.6 Å². The van der Waals surface area contributed by atoms with E-state index in [4.69, 9.17) is 4.74 Å². The Morgan fingerprint density at radius 1 is 0.923 bits per heavy atom. The normalized spacial score (nSPS) is 15.5. The van der Waals surface area contributed by atoms with Gasteiger partial charge < -0.3 is 19.9 Å². The summed E-state index contributed by atoms with van der Waals surface area (Å²) in [4.78, 5) is 45.4. The van der Waals surface area contributed by atoms with Gasteiger partial charge in [0.2, 0.25) is 0 Å². The van der Waals surface area contributed by atoms with E-state index in [0.717, 1.165) is 10.6 Å². The minimum Gasteiger partial charge on any atom is -0.410 e. The maximum absolute atomic E-state index is 15.0. The van der Waals surface area contributed by atoms with Crippen LogP contribution in [0.2, 0.25) is 0 Å². The lowest BCUT2D eigenvalue weighted by molar-refractivity contribution is -0.128. The number of anilines is 4. The van der Waals surface area contributed by atoms with E-state index in [1.54, 1.807) is 48.5 Å². The van der Waals surface area contributed by atoms with Crippen molar-refractivity contribution in [1.82, 2.24) is 5.32 Å². The molecule has 204 valence electrons. The minimum absolute atomic E-state index is 0.0285. The molecule has 1 aliphatic heterocycles. The van der Waals surface area contributed by atoms with Crippen LogP contribution in [-0.4, -0.2) is 44.6 Å². The van der Waals surface area contributed by atoms with Crippen molar-refractivity contribution in [1.29, 1.82) is 0 Å². The van der Waals surface area contributed by atoms with Crippen LogP contribution in [0.1, 0.15) is 27.2 Å². The minimum atomic E-state index is -1.65. The van der Waals surface area contributed by atoms with Crippen LogP contribution in [0.25, 0.3) is 0 Å². The number of rotatable bonds is 6. The summed E-state index contributed by atoms with van der Waals surface area (Å²) < 4.78 is 20.5. The molecule has 0 aliphatic carbocycles. The smallest absolute Gasteiger partial charge is 0.410 e. The van der Waals surface area contributed by atoms with Crippen LogP contribution >= 0.6 is 0 Å². The molecule has 0 fully saturated rings. The molecule has 1 heterocycles. The molecule has 4 rings (SSSR count). The van der Waals surface area contributed by atoms with Gasteiger partial charge in [0.25, 0.3) is 11.8 Å². The largest absolute Gasteiger partial charge is 0.413 e. The van der Waals surface area contributed by atoms with Gasteiger partial charge in [-0.3, -0.25) is 14.5 Å². The number of ether oxygens (including phenoxy) is 1. The maximum Gasteiger partial charge on any atom is 0.413 e. The van der Waals surface area contributed by atoms with Gasteiger partial charge in [-0.15, -0.1) is 0 Å². The Kier molecular flexibility index (Phi) is 7.90. The molecule has 9 heteroatoms. The van der Waals surface area contributed by atoms with Crippen molar-refractivity contribution in [3.63, 3.8) is 0 Å². The molecule has 1 N–H and O–H groups in total. The average molecular weight is 533 g/mol. The lowest BCUT2D eigenvalue weighted by Gasteiger charge is -2.28. The molecule has 3 amide bonds. The summed E-state index contributed by atoms with van der Waals surface area (Å²) in [5, 5.41) is 2.46. The van der Waals surface area contributed by atoms with E-state index in [1.807, 2.05) is 45.8 Å². The van der Waals surface area contributed by atoms with Gasteiger partial charge in [0, 0.05) is 32.4 Å². The molecule has 39 heavy (non-hydrogen) atoms. The molecular formula is C30H33FN4O4. The molecule has 0 radical (unpaired) electrons. The van der Waals surface area contributed by atoms with Crippen molar-refractivity contribution in [2.45, 2.75) is 33.2 Å². The summed E-state index contributed by atoms with van der Waals surface area (Å²) in [5.41, 5.74) is 1.44. The number of hydrogen-bond acceptors (Lipinski definition) is 5. The predicted molar refractivity (Wildman–Crippen MR) is 150 cm³/mol. The molecule has 8 nitrogen and oxygen atoms in total. The number of hydrogen-bond donors (Lipinski definition) is 1. The first-order valence-electron chi connectivity index (χ1n) is 12.7. The fourth-order valence-corrected chi connectivity index (χ4v) is 4.27. The van der Waals surface area contributed by atoms with Crippen molar-refractivity contribution in [2.24, 2.45) is 5.41 Å². The highest BCUT2D eigenvalue weighted by Crippen LogP contribution is 2.39. The number of carbonyl (C=O) groups excluding carboxylic acids is 3. The second kappa shape index (κ2) is 11.1. The second-order valence-electron chi connectivity index (χ2n) is 10.8. The zero-order chi connectivity index (χ0) is 28.3. The fraction of sp³-hybridized carbons (Fsp3) is 0.300. The fourth-order valence-electron chi connectivity index (χ4n) is 4.27. The van der Waals surface area contributed by atoms with Crippen molar-refractivity contribution >= 4 is 40.7 Å². The molecule has 3 aromatic rings. The van der Waals surface area contributed by atoms with Gasteiger partial charge in [0.05, 0.1) is 17.1 Å². The maximum atomic E-state index is 15.0. The van der Waals surface area contributed by atoms with Crippen LogP contribution in [0.15, 0.2) is 72.8 Å². The topological polar surface area (TPSA) is 82.2 Å². The lowest BCUT2D eigenvalue weighted by Crippen LogP contribution is -2.55. The quantitative estimate of drug-likeness (QED) is 0.424. The molecular weight excluding hydrogens is 499 g/mol. The van der Waals surface area contributed by atoms with Crippen molar-refractivity contribution in [3.8, 4) is 5.75 Å². The number of carbonyl (C=O) groups is 3. The molecule has 3 aromatic carbocycles. The van der Waals surface area contributed by atoms with Gasteiger partial charge >= 0.3 is 6.09 Å². The van der Waals surface area contributed by atoms with Crippen LogP contribution in [0.4, 0.5) is 31.9 Å². The van der Waals surface area contributed by atoms with E-state index in [2.05, 4.69) is 5.32 Å². The van der Waals surface area contributed by atoms with Gasteiger partial charge in [-0.1, -0.05) is 51.1 Å². The van der Waals surface area contributed by atoms with Crippen molar-refractivity contribution in [3.05, 3.63) is 78.6 Å². The number of para-hydroxylation sites is 3. The first-order valence-corrected chi connectivity index (χ1v) is 12.7. The number of fused-ring (bicyclic) bond motifs is 1. The third-order valence-electron chi connectivity index (χ3n) is 6.38. The van der Waals surface area contributed by atoms with E-state index in [-0.39, 0.29) is 23.4 Å². The highest BCUT2D eigenvalue weighted by Gasteiger charge is 2.43. The summed E-state index contributed by atoms with van der Waals surface area (Å²) in [7, 11) is 3.70. The van der Waals surface area contributed by atoms with Crippen molar-refractivity contribution < 1.29 is 23.5 Å². The van der Waals surface area contributed by atoms with E-state index >= 15 is 4.39 Å². The monoisotopic (exact) mass is 532 g/mol. The number of halogens is 1. The Morgan fingerprint density at radius 3 is 2.21 bits per heavy atom. The Bertz CT molecular complexity index is 1390. The zero-order valence-electron chi connectivity index (χ0n) is 22.8. The SMILES string of the molecule is CN(C)c1cccc(OC(=O)NC2C(=O)N(CCC(C)(C)C)c3ccccc3N(c3ccccc3F)C2=O)c1. The van der Waals surface area contributed by atoms with E-state index < -0.39 is 29.8 Å². The van der Waals surface area contributed by atoms with Crippen LogP contribution in [0.5, 0.6) is 5.75 Å². The highest BCUT2D eigenvalue weighted by molar-refractivity contribution is 6.23. The van der Waals surface area contributed by atoms with E-state index in [0.29, 0.717) is 17.8 Å². The number of amides is 3. The summed E-state index contributed by atoms with van der Waals surface area (Å²) >= 11 is 0. The highest BCUT2D eigenvalue weighted by atomic mass is 19.1. The van der Waals surface area contributed by atoms with Crippen molar-refractivity contribution in [2.75, 3.05) is 35.3 Å². The van der Waals surface area contributed by atoms with E-state index in [1.165, 1.54) is 23.1 Å². The zero-order valence-corrected chi connectivity index (χ0v) is 22.8. The van der Waals surface area contributed by atoms with Crippen LogP contribution < -0.4 is 24.8 Å². The van der Waals surface area contributed by atoms with Crippen LogP contribution in [0.3, 0.4) is 0 Å². The molecule has 0 aromatic heterocycles. The molecule has 0 spiro atoms. The molecule has 0 bridgehead atoms.